The molecule has 4 aromatic rings. The lowest BCUT2D eigenvalue weighted by Gasteiger charge is -2.34. The average Bonchev–Trinajstić information content (AvgIpc) is 3.02. The molecular weight excluding hydrogens is 582 g/mol. The summed E-state index contributed by atoms with van der Waals surface area (Å²) < 4.78 is 29.6. The minimum atomic E-state index is -4.14. The number of aryl methyl sites for hydroxylation is 3. The zero-order chi connectivity index (χ0) is 32.6. The average molecular weight is 626 g/mol. The number of rotatable bonds is 13. The van der Waals surface area contributed by atoms with Gasteiger partial charge in [0.25, 0.3) is 10.0 Å². The van der Waals surface area contributed by atoms with Crippen LogP contribution in [0.25, 0.3) is 0 Å². The molecule has 0 saturated heterocycles. The smallest absolute Gasteiger partial charge is 0.264 e. The number of hydrogen-bond donors (Lipinski definition) is 1. The van der Waals surface area contributed by atoms with Gasteiger partial charge in [-0.2, -0.15) is 0 Å². The third-order valence-electron chi connectivity index (χ3n) is 7.79. The summed E-state index contributed by atoms with van der Waals surface area (Å²) in [5.74, 6) is -0.542. The highest BCUT2D eigenvalue weighted by molar-refractivity contribution is 7.92. The van der Waals surface area contributed by atoms with Crippen molar-refractivity contribution in [3.8, 4) is 0 Å². The van der Waals surface area contributed by atoms with Gasteiger partial charge in [0.2, 0.25) is 11.8 Å². The quantitative estimate of drug-likeness (QED) is 0.191. The van der Waals surface area contributed by atoms with Crippen LogP contribution in [0, 0.1) is 26.7 Å². The first-order valence-corrected chi connectivity index (χ1v) is 16.7. The van der Waals surface area contributed by atoms with Crippen LogP contribution in [0.5, 0.6) is 0 Å². The second-order valence-electron chi connectivity index (χ2n) is 11.9. The summed E-state index contributed by atoms with van der Waals surface area (Å²) >= 11 is 0. The summed E-state index contributed by atoms with van der Waals surface area (Å²) in [4.78, 5) is 30.1. The molecule has 0 bridgehead atoms. The first-order valence-electron chi connectivity index (χ1n) is 15.3. The third kappa shape index (κ3) is 8.60. The van der Waals surface area contributed by atoms with E-state index in [2.05, 4.69) is 5.32 Å². The van der Waals surface area contributed by atoms with Gasteiger partial charge in [-0.1, -0.05) is 104 Å². The maximum absolute atomic E-state index is 14.6. The molecule has 0 spiro atoms. The summed E-state index contributed by atoms with van der Waals surface area (Å²) in [6.07, 6.45) is 0.275. The van der Waals surface area contributed by atoms with Gasteiger partial charge in [0, 0.05) is 19.5 Å². The zero-order valence-corrected chi connectivity index (χ0v) is 27.6. The van der Waals surface area contributed by atoms with Crippen molar-refractivity contribution >= 4 is 27.5 Å². The minimum Gasteiger partial charge on any atom is -0.354 e. The number of nitrogens with zero attached hydrogens (tertiary/aromatic N) is 2. The van der Waals surface area contributed by atoms with E-state index in [-0.39, 0.29) is 29.7 Å². The molecular formula is C37H43N3O4S. The third-order valence-corrected chi connectivity index (χ3v) is 9.56. The van der Waals surface area contributed by atoms with Gasteiger partial charge in [-0.15, -0.1) is 0 Å². The molecule has 4 rings (SSSR count). The van der Waals surface area contributed by atoms with Crippen LogP contribution in [0.2, 0.25) is 0 Å². The van der Waals surface area contributed by atoms with Gasteiger partial charge in [0.1, 0.15) is 12.6 Å². The molecule has 0 fully saturated rings. The Morgan fingerprint density at radius 3 is 2.02 bits per heavy atom. The van der Waals surface area contributed by atoms with Gasteiger partial charge in [-0.3, -0.25) is 13.9 Å². The number of nitrogens with one attached hydrogen (secondary N) is 1. The van der Waals surface area contributed by atoms with Gasteiger partial charge in [0.05, 0.1) is 10.6 Å². The molecule has 0 aromatic heterocycles. The Morgan fingerprint density at radius 1 is 0.778 bits per heavy atom. The van der Waals surface area contributed by atoms with Gasteiger partial charge >= 0.3 is 0 Å². The van der Waals surface area contributed by atoms with Crippen molar-refractivity contribution in [2.75, 3.05) is 17.4 Å². The van der Waals surface area contributed by atoms with E-state index in [1.165, 1.54) is 16.4 Å². The molecule has 4 aromatic carbocycles. The summed E-state index contributed by atoms with van der Waals surface area (Å²) in [7, 11) is -4.14. The van der Waals surface area contributed by atoms with Crippen molar-refractivity contribution in [1.82, 2.24) is 10.2 Å². The number of sulfonamides is 1. The highest BCUT2D eigenvalue weighted by Crippen LogP contribution is 2.28. The van der Waals surface area contributed by atoms with E-state index in [4.69, 9.17) is 0 Å². The lowest BCUT2D eigenvalue weighted by molar-refractivity contribution is -0.140. The second kappa shape index (κ2) is 15.0. The Kier molecular flexibility index (Phi) is 11.2. The number of benzene rings is 4. The van der Waals surface area contributed by atoms with E-state index in [0.29, 0.717) is 12.2 Å². The molecule has 0 aliphatic heterocycles. The molecule has 236 valence electrons. The predicted octanol–water partition coefficient (Wildman–Crippen LogP) is 6.22. The van der Waals surface area contributed by atoms with Gasteiger partial charge in [-0.25, -0.2) is 8.42 Å². The van der Waals surface area contributed by atoms with E-state index in [0.717, 1.165) is 27.8 Å². The standard InChI is InChI=1S/C37H43N3O4S/c1-27(2)24-38-37(42)35(23-31-15-8-6-9-16-31)39(25-32-17-13-12-14-29(32)4)36(41)26-40(34-21-20-28(3)22-30(34)5)45(43,44)33-18-10-7-11-19-33/h6-22,27,35H,23-26H2,1-5H3,(H,38,42)/t35-/m1/s1. The van der Waals surface area contributed by atoms with Crippen molar-refractivity contribution < 1.29 is 18.0 Å². The van der Waals surface area contributed by atoms with Gasteiger partial charge in [-0.05, 0) is 67.1 Å². The summed E-state index contributed by atoms with van der Waals surface area (Å²) in [6.45, 7) is 9.88. The molecule has 8 heteroatoms. The van der Waals surface area contributed by atoms with Gasteiger partial charge in [0.15, 0.2) is 0 Å². The monoisotopic (exact) mass is 625 g/mol. The fourth-order valence-electron chi connectivity index (χ4n) is 5.27. The largest absolute Gasteiger partial charge is 0.354 e. The van der Waals surface area contributed by atoms with Gasteiger partial charge < -0.3 is 10.2 Å². The molecule has 0 saturated carbocycles. The molecule has 0 heterocycles. The normalized spacial score (nSPS) is 12.0. The number of carbonyl (C=O) groups excluding carboxylic acids is 2. The topological polar surface area (TPSA) is 86.8 Å². The maximum Gasteiger partial charge on any atom is 0.264 e. The van der Waals surface area contributed by atoms with Crippen LogP contribution in [0.1, 0.15) is 41.7 Å². The number of carbonyl (C=O) groups is 2. The summed E-state index contributed by atoms with van der Waals surface area (Å²) in [6, 6.07) is 30.0. The van der Waals surface area contributed by atoms with Crippen molar-refractivity contribution in [2.45, 2.75) is 58.5 Å². The van der Waals surface area contributed by atoms with Crippen LogP contribution in [0.3, 0.4) is 0 Å². The van der Waals surface area contributed by atoms with E-state index < -0.39 is 28.5 Å². The molecule has 45 heavy (non-hydrogen) atoms. The van der Waals surface area contributed by atoms with E-state index in [1.54, 1.807) is 29.2 Å². The number of hydrogen-bond acceptors (Lipinski definition) is 4. The Bertz CT molecular complexity index is 1710. The molecule has 0 radical (unpaired) electrons. The zero-order valence-electron chi connectivity index (χ0n) is 26.7. The molecule has 0 aliphatic rings. The molecule has 1 N–H and O–H groups in total. The fraction of sp³-hybridized carbons (Fsp3) is 0.297. The highest BCUT2D eigenvalue weighted by atomic mass is 32.2. The van der Waals surface area contributed by atoms with Crippen molar-refractivity contribution in [1.29, 1.82) is 0 Å². The van der Waals surface area contributed by atoms with Crippen molar-refractivity contribution in [3.05, 3.63) is 131 Å². The Balaban J connectivity index is 1.82. The Hall–Kier alpha value is -4.43. The lowest BCUT2D eigenvalue weighted by atomic mass is 10.0. The van der Waals surface area contributed by atoms with Crippen molar-refractivity contribution in [2.24, 2.45) is 5.92 Å². The van der Waals surface area contributed by atoms with Crippen LogP contribution < -0.4 is 9.62 Å². The van der Waals surface area contributed by atoms with Crippen LogP contribution in [0.15, 0.2) is 108 Å². The van der Waals surface area contributed by atoms with Crippen molar-refractivity contribution in [3.63, 3.8) is 0 Å². The fourth-order valence-corrected chi connectivity index (χ4v) is 6.77. The van der Waals surface area contributed by atoms with E-state index in [9.17, 15) is 18.0 Å². The SMILES string of the molecule is Cc1ccc(N(CC(=O)N(Cc2ccccc2C)[C@H](Cc2ccccc2)C(=O)NCC(C)C)S(=O)(=O)c2ccccc2)c(C)c1. The Labute approximate surface area is 268 Å². The highest BCUT2D eigenvalue weighted by Gasteiger charge is 2.35. The maximum atomic E-state index is 14.6. The van der Waals surface area contributed by atoms with Crippen LogP contribution >= 0.6 is 0 Å². The molecule has 2 amide bonds. The minimum absolute atomic E-state index is 0.0822. The Morgan fingerprint density at radius 2 is 1.40 bits per heavy atom. The lowest BCUT2D eigenvalue weighted by Crippen LogP contribution is -2.54. The molecule has 1 atom stereocenters. The van der Waals surface area contributed by atoms with Crippen LogP contribution in [-0.2, 0) is 32.6 Å². The summed E-state index contributed by atoms with van der Waals surface area (Å²) in [5.41, 5.74) is 4.86. The predicted molar refractivity (Wildman–Crippen MR) is 180 cm³/mol. The molecule has 7 nitrogen and oxygen atoms in total. The molecule has 0 unspecified atom stereocenters. The first-order chi connectivity index (χ1) is 21.5. The first kappa shape index (κ1) is 33.5. The van der Waals surface area contributed by atoms with Crippen LogP contribution in [-0.4, -0.2) is 44.3 Å². The van der Waals surface area contributed by atoms with E-state index in [1.807, 2.05) is 101 Å². The summed E-state index contributed by atoms with van der Waals surface area (Å²) in [5, 5.41) is 3.03. The van der Waals surface area contributed by atoms with E-state index >= 15 is 0 Å². The number of amides is 2. The second-order valence-corrected chi connectivity index (χ2v) is 13.8. The number of anilines is 1. The molecule has 0 aliphatic carbocycles. The van der Waals surface area contributed by atoms with Crippen LogP contribution in [0.4, 0.5) is 5.69 Å².